The summed E-state index contributed by atoms with van der Waals surface area (Å²) in [6.07, 6.45) is 2.73. The summed E-state index contributed by atoms with van der Waals surface area (Å²) >= 11 is 11.8. The molecule has 0 saturated carbocycles. The van der Waals surface area contributed by atoms with Gasteiger partial charge in [0.1, 0.15) is 5.15 Å². The molecule has 1 N–H and O–H groups in total. The van der Waals surface area contributed by atoms with Crippen LogP contribution < -0.4 is 5.32 Å². The Kier molecular flexibility index (Phi) is 4.67. The van der Waals surface area contributed by atoms with Crippen molar-refractivity contribution in [2.75, 3.05) is 5.32 Å². The van der Waals surface area contributed by atoms with E-state index in [-0.39, 0.29) is 6.04 Å². The van der Waals surface area contributed by atoms with E-state index in [2.05, 4.69) is 17.2 Å². The highest BCUT2D eigenvalue weighted by Gasteiger charge is 2.09. The van der Waals surface area contributed by atoms with Crippen LogP contribution in [0.2, 0.25) is 10.2 Å². The average Bonchev–Trinajstić information content (AvgIpc) is 2.41. The average molecular weight is 295 g/mol. The molecule has 1 heterocycles. The minimum absolute atomic E-state index is 0.236. The molecule has 0 bridgehead atoms. The molecule has 0 radical (unpaired) electrons. The van der Waals surface area contributed by atoms with Gasteiger partial charge in [0, 0.05) is 5.02 Å². The molecule has 0 aliphatic rings. The van der Waals surface area contributed by atoms with Crippen molar-refractivity contribution in [1.82, 2.24) is 4.98 Å². The first-order valence-corrected chi connectivity index (χ1v) is 7.00. The second-order valence-electron chi connectivity index (χ2n) is 4.49. The largest absolute Gasteiger partial charge is 0.377 e. The molecule has 2 rings (SSSR count). The van der Waals surface area contributed by atoms with Gasteiger partial charge in [-0.3, -0.25) is 0 Å². The van der Waals surface area contributed by atoms with Gasteiger partial charge in [-0.2, -0.15) is 0 Å². The molecule has 1 atom stereocenters. The van der Waals surface area contributed by atoms with Gasteiger partial charge in [0.15, 0.2) is 0 Å². The number of nitrogens with zero attached hydrogens (tertiary/aromatic N) is 1. The lowest BCUT2D eigenvalue weighted by Gasteiger charge is -2.19. The third-order valence-electron chi connectivity index (χ3n) is 3.04. The first kappa shape index (κ1) is 14.2. The maximum atomic E-state index is 5.93. The van der Waals surface area contributed by atoms with Crippen LogP contribution in [0, 0.1) is 6.92 Å². The first-order valence-electron chi connectivity index (χ1n) is 6.24. The monoisotopic (exact) mass is 294 g/mol. The topological polar surface area (TPSA) is 24.9 Å². The summed E-state index contributed by atoms with van der Waals surface area (Å²) in [6, 6.07) is 10.1. The summed E-state index contributed by atoms with van der Waals surface area (Å²) in [6.45, 7) is 4.09. The van der Waals surface area contributed by atoms with Crippen LogP contribution in [0.4, 0.5) is 5.69 Å². The van der Waals surface area contributed by atoms with Gasteiger partial charge < -0.3 is 5.32 Å². The minimum Gasteiger partial charge on any atom is -0.377 e. The molecule has 0 fully saturated rings. The Morgan fingerprint density at radius 2 is 1.89 bits per heavy atom. The number of halogens is 2. The number of pyridine rings is 1. The maximum absolute atomic E-state index is 5.93. The van der Waals surface area contributed by atoms with E-state index in [1.165, 1.54) is 5.56 Å². The van der Waals surface area contributed by atoms with Crippen molar-refractivity contribution in [2.24, 2.45) is 0 Å². The molecule has 0 aliphatic carbocycles. The lowest BCUT2D eigenvalue weighted by molar-refractivity contribution is 0.748. The van der Waals surface area contributed by atoms with Crippen molar-refractivity contribution >= 4 is 28.9 Å². The molecular formula is C15H16Cl2N2. The zero-order valence-electron chi connectivity index (χ0n) is 11.0. The van der Waals surface area contributed by atoms with E-state index in [1.807, 2.05) is 37.3 Å². The number of hydrogen-bond acceptors (Lipinski definition) is 2. The summed E-state index contributed by atoms with van der Waals surface area (Å²) in [5.41, 5.74) is 3.15. The van der Waals surface area contributed by atoms with Gasteiger partial charge in [-0.05, 0) is 42.7 Å². The third-order valence-corrected chi connectivity index (χ3v) is 3.68. The van der Waals surface area contributed by atoms with Gasteiger partial charge in [-0.25, -0.2) is 4.98 Å². The van der Waals surface area contributed by atoms with Crippen molar-refractivity contribution in [3.63, 3.8) is 0 Å². The number of aryl methyl sites for hydroxylation is 1. The highest BCUT2D eigenvalue weighted by atomic mass is 35.5. The van der Waals surface area contributed by atoms with Crippen molar-refractivity contribution in [2.45, 2.75) is 26.3 Å². The summed E-state index contributed by atoms with van der Waals surface area (Å²) < 4.78 is 0. The number of benzene rings is 1. The van der Waals surface area contributed by atoms with E-state index in [0.29, 0.717) is 5.15 Å². The third kappa shape index (κ3) is 3.62. The normalized spacial score (nSPS) is 12.2. The fourth-order valence-corrected chi connectivity index (χ4v) is 2.18. The molecule has 2 nitrogen and oxygen atoms in total. The van der Waals surface area contributed by atoms with Crippen LogP contribution in [0.5, 0.6) is 0 Å². The fraction of sp³-hybridized carbons (Fsp3) is 0.267. The molecule has 1 unspecified atom stereocenters. The van der Waals surface area contributed by atoms with Crippen LogP contribution in [0.1, 0.15) is 30.5 Å². The van der Waals surface area contributed by atoms with E-state index in [9.17, 15) is 0 Å². The summed E-state index contributed by atoms with van der Waals surface area (Å²) in [7, 11) is 0. The van der Waals surface area contributed by atoms with Crippen molar-refractivity contribution in [1.29, 1.82) is 0 Å². The van der Waals surface area contributed by atoms with E-state index in [0.717, 1.165) is 22.7 Å². The lowest BCUT2D eigenvalue weighted by atomic mass is 10.0. The molecule has 0 spiro atoms. The zero-order valence-corrected chi connectivity index (χ0v) is 12.5. The number of anilines is 1. The SMILES string of the molecule is CCC(Nc1cnc(Cl)c(C)c1)c1ccc(Cl)cc1. The van der Waals surface area contributed by atoms with E-state index < -0.39 is 0 Å². The molecule has 2 aromatic rings. The number of hydrogen-bond donors (Lipinski definition) is 1. The minimum atomic E-state index is 0.236. The zero-order chi connectivity index (χ0) is 13.8. The van der Waals surface area contributed by atoms with Crippen molar-refractivity contribution in [3.05, 3.63) is 57.8 Å². The smallest absolute Gasteiger partial charge is 0.132 e. The Balaban J connectivity index is 2.18. The van der Waals surface area contributed by atoms with E-state index in [4.69, 9.17) is 23.2 Å². The van der Waals surface area contributed by atoms with E-state index in [1.54, 1.807) is 6.20 Å². The van der Waals surface area contributed by atoms with E-state index >= 15 is 0 Å². The summed E-state index contributed by atoms with van der Waals surface area (Å²) in [4.78, 5) is 4.16. The van der Waals surface area contributed by atoms with Gasteiger partial charge in [0.05, 0.1) is 17.9 Å². The Hall–Kier alpha value is -1.25. The quantitative estimate of drug-likeness (QED) is 0.778. The Bertz CT molecular complexity index is 553. The Morgan fingerprint density at radius 1 is 1.21 bits per heavy atom. The van der Waals surface area contributed by atoms with Crippen LogP contribution in [0.3, 0.4) is 0 Å². The highest BCUT2D eigenvalue weighted by Crippen LogP contribution is 2.25. The van der Waals surface area contributed by atoms with Gasteiger partial charge in [0.2, 0.25) is 0 Å². The number of rotatable bonds is 4. The molecule has 0 saturated heterocycles. The van der Waals surface area contributed by atoms with Crippen LogP contribution >= 0.6 is 23.2 Å². The molecule has 19 heavy (non-hydrogen) atoms. The molecule has 1 aromatic heterocycles. The fourth-order valence-electron chi connectivity index (χ4n) is 1.95. The van der Waals surface area contributed by atoms with Gasteiger partial charge in [0.25, 0.3) is 0 Å². The predicted octanol–water partition coefficient (Wildman–Crippen LogP) is 5.26. The van der Waals surface area contributed by atoms with Gasteiger partial charge in [-0.1, -0.05) is 42.3 Å². The Morgan fingerprint density at radius 3 is 2.47 bits per heavy atom. The van der Waals surface area contributed by atoms with Crippen molar-refractivity contribution < 1.29 is 0 Å². The van der Waals surface area contributed by atoms with Gasteiger partial charge >= 0.3 is 0 Å². The lowest BCUT2D eigenvalue weighted by Crippen LogP contribution is -2.10. The van der Waals surface area contributed by atoms with Crippen LogP contribution in [-0.4, -0.2) is 4.98 Å². The number of aromatic nitrogens is 1. The first-order chi connectivity index (χ1) is 9.10. The highest BCUT2D eigenvalue weighted by molar-refractivity contribution is 6.30. The number of nitrogens with one attached hydrogen (secondary N) is 1. The second kappa shape index (κ2) is 6.27. The van der Waals surface area contributed by atoms with Crippen LogP contribution in [0.25, 0.3) is 0 Å². The maximum Gasteiger partial charge on any atom is 0.132 e. The molecule has 4 heteroatoms. The molecule has 0 aliphatic heterocycles. The summed E-state index contributed by atoms with van der Waals surface area (Å²) in [5, 5.41) is 4.77. The predicted molar refractivity (Wildman–Crippen MR) is 82.1 cm³/mol. The summed E-state index contributed by atoms with van der Waals surface area (Å²) in [5.74, 6) is 0. The Labute approximate surface area is 123 Å². The molecule has 100 valence electrons. The second-order valence-corrected chi connectivity index (χ2v) is 5.28. The van der Waals surface area contributed by atoms with Gasteiger partial charge in [-0.15, -0.1) is 0 Å². The van der Waals surface area contributed by atoms with Crippen LogP contribution in [-0.2, 0) is 0 Å². The molecule has 0 amide bonds. The van der Waals surface area contributed by atoms with Crippen LogP contribution in [0.15, 0.2) is 36.5 Å². The standard InChI is InChI=1S/C15H16Cl2N2/c1-3-14(11-4-6-12(16)7-5-11)19-13-8-10(2)15(17)18-9-13/h4-9,14,19H,3H2,1-2H3. The van der Waals surface area contributed by atoms with Crippen molar-refractivity contribution in [3.8, 4) is 0 Å². The molecule has 1 aromatic carbocycles. The molecular weight excluding hydrogens is 279 g/mol.